The molecule has 3 rings (SSSR count). The Balaban J connectivity index is 2.35. The molecule has 0 amide bonds. The lowest BCUT2D eigenvalue weighted by Gasteiger charge is -2.04. The quantitative estimate of drug-likeness (QED) is 0.710. The van der Waals surface area contributed by atoms with Crippen molar-refractivity contribution in [2.24, 2.45) is 7.05 Å². The van der Waals surface area contributed by atoms with Crippen LogP contribution in [0, 0.1) is 0 Å². The minimum Gasteiger partial charge on any atom is -0.268 e. The van der Waals surface area contributed by atoms with E-state index in [9.17, 15) is 0 Å². The summed E-state index contributed by atoms with van der Waals surface area (Å²) in [4.78, 5) is 0. The number of thiophene rings is 1. The number of aryl methyl sites for hydroxylation is 2. The van der Waals surface area contributed by atoms with Crippen LogP contribution in [0.5, 0.6) is 0 Å². The zero-order valence-electron chi connectivity index (χ0n) is 8.76. The van der Waals surface area contributed by atoms with Crippen molar-refractivity contribution in [3.05, 3.63) is 26.0 Å². The highest BCUT2D eigenvalue weighted by Crippen LogP contribution is 2.46. The van der Waals surface area contributed by atoms with Gasteiger partial charge in [-0.2, -0.15) is 5.10 Å². The molecule has 2 aromatic rings. The summed E-state index contributed by atoms with van der Waals surface area (Å²) in [7, 11) is 1.95. The van der Waals surface area contributed by atoms with E-state index in [0.717, 1.165) is 39.2 Å². The molecular weight excluding hydrogens is 263 g/mol. The van der Waals surface area contributed by atoms with Crippen molar-refractivity contribution in [1.82, 2.24) is 9.78 Å². The third kappa shape index (κ3) is 1.42. The van der Waals surface area contributed by atoms with E-state index in [1.54, 1.807) is 0 Å². The molecule has 0 spiro atoms. The van der Waals surface area contributed by atoms with Crippen molar-refractivity contribution < 1.29 is 0 Å². The van der Waals surface area contributed by atoms with Crippen LogP contribution < -0.4 is 0 Å². The normalized spacial score (nSPS) is 14.4. The van der Waals surface area contributed by atoms with Gasteiger partial charge in [0.15, 0.2) is 0 Å². The highest BCUT2D eigenvalue weighted by molar-refractivity contribution is 7.20. The molecule has 0 atom stereocenters. The van der Waals surface area contributed by atoms with Gasteiger partial charge in [-0.25, -0.2) is 0 Å². The fraction of sp³-hybridized carbons (Fsp3) is 0.364. The van der Waals surface area contributed by atoms with Crippen molar-refractivity contribution in [2.75, 3.05) is 0 Å². The summed E-state index contributed by atoms with van der Waals surface area (Å²) >= 11 is 14.0. The molecule has 0 saturated heterocycles. The Hall–Kier alpha value is -0.510. The summed E-state index contributed by atoms with van der Waals surface area (Å²) in [6.45, 7) is 0. The molecule has 1 aliphatic carbocycles. The molecule has 84 valence electrons. The molecule has 2 heterocycles. The molecule has 0 radical (unpaired) electrons. The van der Waals surface area contributed by atoms with Gasteiger partial charge < -0.3 is 0 Å². The number of halogens is 2. The molecule has 16 heavy (non-hydrogen) atoms. The van der Waals surface area contributed by atoms with E-state index in [-0.39, 0.29) is 0 Å². The second-order valence-electron chi connectivity index (χ2n) is 4.00. The van der Waals surface area contributed by atoms with E-state index in [4.69, 9.17) is 23.2 Å². The van der Waals surface area contributed by atoms with Gasteiger partial charge in [0.2, 0.25) is 0 Å². The maximum absolute atomic E-state index is 6.29. The highest BCUT2D eigenvalue weighted by atomic mass is 35.5. The lowest BCUT2D eigenvalue weighted by atomic mass is 10.1. The Morgan fingerprint density at radius 3 is 2.94 bits per heavy atom. The zero-order chi connectivity index (χ0) is 11.3. The fourth-order valence-electron chi connectivity index (χ4n) is 2.31. The molecule has 1 aliphatic rings. The molecule has 0 unspecified atom stereocenters. The fourth-order valence-corrected chi connectivity index (χ4v) is 4.09. The summed E-state index contributed by atoms with van der Waals surface area (Å²) in [5, 5.41) is 4.31. The molecule has 0 bridgehead atoms. The van der Waals surface area contributed by atoms with Crippen molar-refractivity contribution >= 4 is 34.5 Å². The molecule has 0 fully saturated rings. The van der Waals surface area contributed by atoms with Crippen molar-refractivity contribution in [2.45, 2.75) is 19.3 Å². The summed E-state index contributed by atoms with van der Waals surface area (Å²) in [5.74, 6) is 0. The van der Waals surface area contributed by atoms with Gasteiger partial charge in [-0.3, -0.25) is 4.68 Å². The first kappa shape index (κ1) is 10.6. The van der Waals surface area contributed by atoms with Crippen LogP contribution in [-0.2, 0) is 19.9 Å². The lowest BCUT2D eigenvalue weighted by molar-refractivity contribution is 0.775. The van der Waals surface area contributed by atoms with Gasteiger partial charge in [-0.05, 0) is 30.4 Å². The van der Waals surface area contributed by atoms with E-state index < -0.39 is 0 Å². The number of hydrogen-bond donors (Lipinski definition) is 0. The number of hydrogen-bond acceptors (Lipinski definition) is 2. The van der Waals surface area contributed by atoms with Crippen molar-refractivity contribution in [3.8, 4) is 11.3 Å². The van der Waals surface area contributed by atoms with Crippen LogP contribution in [0.4, 0.5) is 0 Å². The van der Waals surface area contributed by atoms with Crippen LogP contribution in [0.25, 0.3) is 11.3 Å². The van der Waals surface area contributed by atoms with Crippen molar-refractivity contribution in [1.29, 1.82) is 0 Å². The molecule has 5 heteroatoms. The summed E-state index contributed by atoms with van der Waals surface area (Å²) < 4.78 is 3.51. The average Bonchev–Trinajstić information content (AvgIpc) is 2.64. The number of rotatable bonds is 0. The molecule has 0 saturated carbocycles. The number of aromatic nitrogens is 2. The number of nitrogens with zero attached hydrogens (tertiary/aromatic N) is 2. The van der Waals surface area contributed by atoms with Gasteiger partial charge in [0.25, 0.3) is 0 Å². The molecule has 0 aromatic carbocycles. The Labute approximate surface area is 108 Å². The second-order valence-corrected chi connectivity index (χ2v) is 6.22. The molecule has 0 N–H and O–H groups in total. The Kier molecular flexibility index (Phi) is 2.50. The van der Waals surface area contributed by atoms with Gasteiger partial charge >= 0.3 is 0 Å². The predicted octanol–water partition coefficient (Wildman–Crippen LogP) is 3.94. The minimum absolute atomic E-state index is 0.784. The summed E-state index contributed by atoms with van der Waals surface area (Å²) in [6.07, 6.45) is 5.10. The third-order valence-electron chi connectivity index (χ3n) is 3.04. The van der Waals surface area contributed by atoms with Crippen LogP contribution >= 0.6 is 34.5 Å². The van der Waals surface area contributed by atoms with E-state index in [0.29, 0.717) is 0 Å². The Morgan fingerprint density at radius 1 is 1.31 bits per heavy atom. The van der Waals surface area contributed by atoms with E-state index in [1.807, 2.05) is 17.9 Å². The maximum Gasteiger partial charge on any atom is 0.104 e. The van der Waals surface area contributed by atoms with E-state index in [1.165, 1.54) is 22.5 Å². The predicted molar refractivity (Wildman–Crippen MR) is 68.6 cm³/mol. The van der Waals surface area contributed by atoms with E-state index >= 15 is 0 Å². The van der Waals surface area contributed by atoms with Gasteiger partial charge in [-0.1, -0.05) is 23.2 Å². The Bertz CT molecular complexity index is 557. The van der Waals surface area contributed by atoms with Gasteiger partial charge in [-0.15, -0.1) is 11.3 Å². The lowest BCUT2D eigenvalue weighted by Crippen LogP contribution is -1.95. The van der Waals surface area contributed by atoms with Crippen LogP contribution in [0.1, 0.15) is 17.5 Å². The molecule has 0 aliphatic heterocycles. The van der Waals surface area contributed by atoms with Crippen LogP contribution in [0.3, 0.4) is 0 Å². The Morgan fingerprint density at radius 2 is 2.12 bits per heavy atom. The SMILES string of the molecule is Cn1ncc2c1-c1c(Cl)sc(Cl)c1CCC2. The largest absolute Gasteiger partial charge is 0.268 e. The third-order valence-corrected chi connectivity index (χ3v) is 4.73. The van der Waals surface area contributed by atoms with Crippen LogP contribution in [0.2, 0.25) is 8.67 Å². The molecule has 2 aromatic heterocycles. The zero-order valence-corrected chi connectivity index (χ0v) is 11.1. The highest BCUT2D eigenvalue weighted by Gasteiger charge is 2.24. The smallest absolute Gasteiger partial charge is 0.104 e. The number of fused-ring (bicyclic) bond motifs is 3. The van der Waals surface area contributed by atoms with Crippen LogP contribution in [-0.4, -0.2) is 9.78 Å². The van der Waals surface area contributed by atoms with Crippen LogP contribution in [0.15, 0.2) is 6.20 Å². The molecule has 2 nitrogen and oxygen atoms in total. The second kappa shape index (κ2) is 3.76. The van der Waals surface area contributed by atoms with Gasteiger partial charge in [0.1, 0.15) is 4.34 Å². The maximum atomic E-state index is 6.29. The monoisotopic (exact) mass is 272 g/mol. The first-order valence-corrected chi connectivity index (χ1v) is 6.73. The average molecular weight is 273 g/mol. The van der Waals surface area contributed by atoms with Gasteiger partial charge in [0, 0.05) is 12.6 Å². The standard InChI is InChI=1S/C11H10Cl2N2S/c1-15-9-6(5-14-15)3-2-4-7-8(9)11(13)16-10(7)12/h5H,2-4H2,1H3. The topological polar surface area (TPSA) is 17.8 Å². The van der Waals surface area contributed by atoms with Crippen molar-refractivity contribution in [3.63, 3.8) is 0 Å². The first-order valence-electron chi connectivity index (χ1n) is 5.16. The van der Waals surface area contributed by atoms with E-state index in [2.05, 4.69) is 5.10 Å². The minimum atomic E-state index is 0.784. The first-order chi connectivity index (χ1) is 7.68. The summed E-state index contributed by atoms with van der Waals surface area (Å²) in [5.41, 5.74) is 4.71. The molecular formula is C11H10Cl2N2S. The summed E-state index contributed by atoms with van der Waals surface area (Å²) in [6, 6.07) is 0. The van der Waals surface area contributed by atoms with Gasteiger partial charge in [0.05, 0.1) is 16.2 Å².